The van der Waals surface area contributed by atoms with E-state index >= 15 is 0 Å². The van der Waals surface area contributed by atoms with Crippen LogP contribution in [0.1, 0.15) is 226 Å². The molecule has 9 nitrogen and oxygen atoms in total. The molecule has 0 aliphatic heterocycles. The molecule has 59 heavy (non-hydrogen) atoms. The summed E-state index contributed by atoms with van der Waals surface area (Å²) in [5, 5.41) is 0. The van der Waals surface area contributed by atoms with Crippen molar-refractivity contribution in [3.8, 4) is 0 Å². The van der Waals surface area contributed by atoms with E-state index in [0.29, 0.717) is 17.4 Å². The van der Waals surface area contributed by atoms with E-state index < -0.39 is 32.5 Å². The highest BCUT2D eigenvalue weighted by Crippen LogP contribution is 2.38. The second-order valence-corrected chi connectivity index (χ2v) is 19.2. The zero-order chi connectivity index (χ0) is 43.6. The van der Waals surface area contributed by atoms with Gasteiger partial charge in [-0.1, -0.05) is 205 Å². The van der Waals surface area contributed by atoms with Crippen LogP contribution in [-0.2, 0) is 32.7 Å². The van der Waals surface area contributed by atoms with Crippen LogP contribution >= 0.6 is 7.82 Å². The molecule has 0 aromatic carbocycles. The summed E-state index contributed by atoms with van der Waals surface area (Å²) >= 11 is 0. The lowest BCUT2D eigenvalue weighted by Gasteiger charge is -2.28. The molecule has 0 aliphatic rings. The number of unbranched alkanes of at least 4 members (excludes halogenated alkanes) is 27. The van der Waals surface area contributed by atoms with Crippen LogP contribution in [0.3, 0.4) is 0 Å². The Morgan fingerprint density at radius 1 is 0.525 bits per heavy atom. The number of hydrogen-bond acceptors (Lipinski definition) is 8. The average Bonchev–Trinajstić information content (AvgIpc) is 3.19. The quantitative estimate of drug-likeness (QED) is 0.0196. The van der Waals surface area contributed by atoms with Gasteiger partial charge in [-0.05, 0) is 32.1 Å². The third-order valence-electron chi connectivity index (χ3n) is 10.7. The fourth-order valence-corrected chi connectivity index (χ4v) is 7.61. The minimum Gasteiger partial charge on any atom is -0.756 e. The van der Waals surface area contributed by atoms with Crippen LogP contribution in [0.15, 0.2) is 24.3 Å². The van der Waals surface area contributed by atoms with E-state index in [4.69, 9.17) is 18.5 Å². The number of hydrogen-bond donors (Lipinski definition) is 0. The summed E-state index contributed by atoms with van der Waals surface area (Å²) in [5.74, 6) is -0.902. The summed E-state index contributed by atoms with van der Waals surface area (Å²) in [5.41, 5.74) is 0. The molecule has 0 heterocycles. The fourth-order valence-electron chi connectivity index (χ4n) is 6.89. The molecule has 2 unspecified atom stereocenters. The third-order valence-corrected chi connectivity index (χ3v) is 11.7. The SMILES string of the molecule is CCCCCCCC/C=C/C/C=C/CCC(=O)OC(COC(=O)CCCCCCCCCCCCCCCCCCCCCCCC)COP(=O)([O-])OCC[N+](C)(C)C. The smallest absolute Gasteiger partial charge is 0.306 e. The third kappa shape index (κ3) is 45.8. The number of carbonyl (C=O) groups excluding carboxylic acids is 2. The predicted octanol–water partition coefficient (Wildman–Crippen LogP) is 13.7. The first-order valence-corrected chi connectivity index (χ1v) is 26.0. The number of quaternary nitrogens is 1. The molecule has 2 atom stereocenters. The van der Waals surface area contributed by atoms with E-state index in [2.05, 4.69) is 26.0 Å². The van der Waals surface area contributed by atoms with E-state index in [-0.39, 0.29) is 26.1 Å². The van der Waals surface area contributed by atoms with Crippen LogP contribution in [-0.4, -0.2) is 70.0 Å². The Balaban J connectivity index is 4.23. The van der Waals surface area contributed by atoms with Gasteiger partial charge in [0.2, 0.25) is 0 Å². The molecule has 10 heteroatoms. The van der Waals surface area contributed by atoms with Gasteiger partial charge in [0.15, 0.2) is 6.10 Å². The minimum absolute atomic E-state index is 0.0379. The van der Waals surface area contributed by atoms with E-state index in [1.165, 1.54) is 161 Å². The molecular weight excluding hydrogens is 762 g/mol. The maximum atomic E-state index is 12.6. The number of rotatable bonds is 45. The molecular formula is C49H94NO8P. The molecule has 0 aromatic heterocycles. The van der Waals surface area contributed by atoms with Crippen LogP contribution in [0.25, 0.3) is 0 Å². The fraction of sp³-hybridized carbons (Fsp3) is 0.878. The molecule has 0 saturated carbocycles. The zero-order valence-corrected chi connectivity index (χ0v) is 40.1. The second kappa shape index (κ2) is 41.8. The van der Waals surface area contributed by atoms with E-state index in [1.807, 2.05) is 33.3 Å². The first-order chi connectivity index (χ1) is 28.5. The molecule has 0 bridgehead atoms. The van der Waals surface area contributed by atoms with Crippen molar-refractivity contribution >= 4 is 19.8 Å². The molecule has 348 valence electrons. The predicted molar refractivity (Wildman–Crippen MR) is 245 cm³/mol. The summed E-state index contributed by atoms with van der Waals surface area (Å²) in [7, 11) is 1.14. The van der Waals surface area contributed by atoms with Gasteiger partial charge in [-0.2, -0.15) is 0 Å². The molecule has 0 spiro atoms. The summed E-state index contributed by atoms with van der Waals surface area (Å²) in [6, 6.07) is 0. The summed E-state index contributed by atoms with van der Waals surface area (Å²) in [4.78, 5) is 37.5. The number of allylic oxidation sites excluding steroid dienone is 4. The number of carbonyl (C=O) groups is 2. The molecule has 0 fully saturated rings. The van der Waals surface area contributed by atoms with Crippen molar-refractivity contribution in [2.45, 2.75) is 232 Å². The van der Waals surface area contributed by atoms with Crippen molar-refractivity contribution in [2.75, 3.05) is 47.5 Å². The van der Waals surface area contributed by atoms with Gasteiger partial charge in [-0.15, -0.1) is 0 Å². The van der Waals surface area contributed by atoms with E-state index in [1.54, 1.807) is 0 Å². The van der Waals surface area contributed by atoms with Crippen LogP contribution in [0.5, 0.6) is 0 Å². The monoisotopic (exact) mass is 856 g/mol. The first kappa shape index (κ1) is 57.5. The second-order valence-electron chi connectivity index (χ2n) is 17.8. The van der Waals surface area contributed by atoms with Gasteiger partial charge in [-0.3, -0.25) is 14.2 Å². The number of likely N-dealkylation sites (N-methyl/N-ethyl adjacent to an activating group) is 1. The number of esters is 2. The number of phosphoric ester groups is 1. The molecule has 0 aliphatic carbocycles. The van der Waals surface area contributed by atoms with Gasteiger partial charge < -0.3 is 27.9 Å². The minimum atomic E-state index is -4.64. The van der Waals surface area contributed by atoms with Crippen LogP contribution < -0.4 is 4.89 Å². The maximum Gasteiger partial charge on any atom is 0.306 e. The highest BCUT2D eigenvalue weighted by Gasteiger charge is 2.21. The Labute approximate surface area is 364 Å². The number of nitrogens with zero attached hydrogens (tertiary/aromatic N) is 1. The Hall–Kier alpha value is -1.51. The van der Waals surface area contributed by atoms with Crippen LogP contribution in [0.2, 0.25) is 0 Å². The first-order valence-electron chi connectivity index (χ1n) is 24.5. The molecule has 0 N–H and O–H groups in total. The lowest BCUT2D eigenvalue weighted by atomic mass is 10.0. The van der Waals surface area contributed by atoms with Gasteiger partial charge in [0.1, 0.15) is 19.8 Å². The molecule has 0 amide bonds. The Morgan fingerprint density at radius 2 is 0.949 bits per heavy atom. The standard InChI is InChI=1S/C49H94NO8P/c1-6-8-10-12-14-16-18-20-21-22-23-24-25-26-27-28-30-31-33-35-37-39-41-48(51)55-45-47(46-57-59(53,54)56-44-43-50(3,4)5)58-49(52)42-40-38-36-34-32-29-19-17-15-13-11-9-7-2/h29,32,36,38,47H,6-28,30-31,33-35,37,39-46H2,1-5H3/b32-29+,38-36+. The van der Waals surface area contributed by atoms with Crippen molar-refractivity contribution in [2.24, 2.45) is 0 Å². The van der Waals surface area contributed by atoms with Gasteiger partial charge >= 0.3 is 11.9 Å². The highest BCUT2D eigenvalue weighted by molar-refractivity contribution is 7.45. The van der Waals surface area contributed by atoms with Crippen molar-refractivity contribution in [1.82, 2.24) is 0 Å². The Kier molecular flexibility index (Phi) is 40.8. The molecule has 0 saturated heterocycles. The van der Waals surface area contributed by atoms with Crippen molar-refractivity contribution in [3.63, 3.8) is 0 Å². The maximum absolute atomic E-state index is 12.6. The molecule has 0 aromatic rings. The zero-order valence-electron chi connectivity index (χ0n) is 39.2. The van der Waals surface area contributed by atoms with E-state index in [9.17, 15) is 19.0 Å². The van der Waals surface area contributed by atoms with Crippen molar-refractivity contribution < 1.29 is 42.1 Å². The largest absolute Gasteiger partial charge is 0.756 e. The number of ether oxygens (including phenoxy) is 2. The molecule has 0 rings (SSSR count). The van der Waals surface area contributed by atoms with Gasteiger partial charge in [0.05, 0.1) is 27.7 Å². The Bertz CT molecular complexity index is 1060. The van der Waals surface area contributed by atoms with Crippen molar-refractivity contribution in [1.29, 1.82) is 0 Å². The highest BCUT2D eigenvalue weighted by atomic mass is 31.2. The van der Waals surface area contributed by atoms with Gasteiger partial charge in [0, 0.05) is 12.8 Å². The van der Waals surface area contributed by atoms with Gasteiger partial charge in [-0.25, -0.2) is 0 Å². The summed E-state index contributed by atoms with van der Waals surface area (Å²) in [6.07, 6.45) is 46.6. The van der Waals surface area contributed by atoms with Gasteiger partial charge in [0.25, 0.3) is 7.82 Å². The number of phosphoric acid groups is 1. The summed E-state index contributed by atoms with van der Waals surface area (Å²) < 4.78 is 33.9. The Morgan fingerprint density at radius 3 is 1.41 bits per heavy atom. The van der Waals surface area contributed by atoms with Crippen molar-refractivity contribution in [3.05, 3.63) is 24.3 Å². The van der Waals surface area contributed by atoms with Crippen LogP contribution in [0, 0.1) is 0 Å². The summed E-state index contributed by atoms with van der Waals surface area (Å²) in [6.45, 7) is 4.18. The average molecular weight is 856 g/mol. The lowest BCUT2D eigenvalue weighted by molar-refractivity contribution is -0.870. The topological polar surface area (TPSA) is 111 Å². The molecule has 0 radical (unpaired) electrons. The van der Waals surface area contributed by atoms with E-state index in [0.717, 1.165) is 32.1 Å². The lowest BCUT2D eigenvalue weighted by Crippen LogP contribution is -2.37. The van der Waals surface area contributed by atoms with Crippen LogP contribution in [0.4, 0.5) is 0 Å². The normalized spacial score (nSPS) is 13.7.